The van der Waals surface area contributed by atoms with Crippen LogP contribution in [0.2, 0.25) is 10.6 Å². The summed E-state index contributed by atoms with van der Waals surface area (Å²) < 4.78 is 0. The van der Waals surface area contributed by atoms with Gasteiger partial charge in [-0.1, -0.05) is 127 Å². The van der Waals surface area contributed by atoms with Crippen LogP contribution < -0.4 is 10.4 Å². The van der Waals surface area contributed by atoms with E-state index in [0.717, 1.165) is 5.54 Å². The van der Waals surface area contributed by atoms with Gasteiger partial charge in [0.25, 0.3) is 0 Å². The minimum atomic E-state index is -2.12. The molecule has 2 aromatic carbocycles. The van der Waals surface area contributed by atoms with Gasteiger partial charge in [0.2, 0.25) is 0 Å². The van der Waals surface area contributed by atoms with Gasteiger partial charge >= 0.3 is 0 Å². The van der Waals surface area contributed by atoms with Gasteiger partial charge in [0.15, 0.2) is 0 Å². The fourth-order valence-electron chi connectivity index (χ4n) is 6.34. The largest absolute Gasteiger partial charge is 0.134 e. The van der Waals surface area contributed by atoms with Gasteiger partial charge in [0.05, 0.1) is 0 Å². The molecule has 1 heteroatoms. The van der Waals surface area contributed by atoms with Crippen LogP contribution in [0.4, 0.5) is 0 Å². The third-order valence-electron chi connectivity index (χ3n) is 7.93. The molecule has 0 heterocycles. The number of allylic oxidation sites excluding steroid dienone is 4. The van der Waals surface area contributed by atoms with Crippen LogP contribution in [0.15, 0.2) is 83.5 Å². The molecule has 1 unspecified atom stereocenters. The minimum absolute atomic E-state index is 0.131. The molecule has 1 saturated carbocycles. The summed E-state index contributed by atoms with van der Waals surface area (Å²) in [6, 6.07) is 23.2. The lowest BCUT2D eigenvalue weighted by molar-refractivity contribution is 0.488. The molecule has 0 aromatic heterocycles. The van der Waals surface area contributed by atoms with E-state index >= 15 is 0 Å². The maximum absolute atomic E-state index is 2.65. The number of hydrogen-bond donors (Lipinski definition) is 0. The van der Waals surface area contributed by atoms with Crippen molar-refractivity contribution in [3.05, 3.63) is 83.5 Å². The van der Waals surface area contributed by atoms with Gasteiger partial charge in [0, 0.05) is 5.04 Å². The lowest BCUT2D eigenvalue weighted by Crippen LogP contribution is -2.68. The molecule has 1 atom stereocenters. The molecular weight excluding hydrogens is 352 g/mol. The van der Waals surface area contributed by atoms with Gasteiger partial charge in [-0.15, -0.1) is 0 Å². The zero-order valence-corrected chi connectivity index (χ0v) is 19.0. The van der Waals surface area contributed by atoms with Crippen LogP contribution in [-0.2, 0) is 0 Å². The van der Waals surface area contributed by atoms with Crippen LogP contribution in [0.5, 0.6) is 0 Å². The van der Waals surface area contributed by atoms with Crippen LogP contribution in [0, 0.1) is 0 Å². The van der Waals surface area contributed by atoms with Crippen molar-refractivity contribution in [2.45, 2.75) is 70.4 Å². The zero-order chi connectivity index (χ0) is 19.8. The zero-order valence-electron chi connectivity index (χ0n) is 18.0. The van der Waals surface area contributed by atoms with Crippen LogP contribution in [-0.4, -0.2) is 8.07 Å². The second kappa shape index (κ2) is 7.52. The van der Waals surface area contributed by atoms with Crippen molar-refractivity contribution in [3.8, 4) is 0 Å². The van der Waals surface area contributed by atoms with Crippen molar-refractivity contribution in [2.75, 3.05) is 0 Å². The molecule has 28 heavy (non-hydrogen) atoms. The van der Waals surface area contributed by atoms with Gasteiger partial charge in [-0.2, -0.15) is 0 Å². The number of rotatable bonds is 4. The normalized spacial score (nSPS) is 23.8. The van der Waals surface area contributed by atoms with Gasteiger partial charge in [-0.05, 0) is 31.9 Å². The van der Waals surface area contributed by atoms with Crippen molar-refractivity contribution < 1.29 is 0 Å². The summed E-state index contributed by atoms with van der Waals surface area (Å²) >= 11 is 0. The molecule has 0 nitrogen and oxygen atoms in total. The molecular formula is C27H34Si. The van der Waals surface area contributed by atoms with Crippen LogP contribution in [0.3, 0.4) is 0 Å². The van der Waals surface area contributed by atoms with E-state index < -0.39 is 8.07 Å². The Labute approximate surface area is 172 Å². The SMILES string of the molecule is CC1=CC(C)([Si](c2ccccc2)(c2ccccc2)C2CCCCC2)C(C)=C1C. The molecule has 0 radical (unpaired) electrons. The molecule has 1 fully saturated rings. The van der Waals surface area contributed by atoms with Crippen molar-refractivity contribution in [3.63, 3.8) is 0 Å². The predicted molar refractivity (Wildman–Crippen MR) is 125 cm³/mol. The predicted octanol–water partition coefficient (Wildman–Crippen LogP) is 6.64. The number of benzene rings is 2. The fraction of sp³-hybridized carbons (Fsp3) is 0.407. The van der Waals surface area contributed by atoms with E-state index in [4.69, 9.17) is 0 Å². The first-order chi connectivity index (χ1) is 13.5. The summed E-state index contributed by atoms with van der Waals surface area (Å²) in [6.07, 6.45) is 9.59. The summed E-state index contributed by atoms with van der Waals surface area (Å²) in [5, 5.41) is 3.37. The molecule has 146 valence electrons. The topological polar surface area (TPSA) is 0 Å². The highest BCUT2D eigenvalue weighted by atomic mass is 28.3. The maximum atomic E-state index is 2.65. The van der Waals surface area contributed by atoms with E-state index in [1.165, 1.54) is 43.3 Å². The lowest BCUT2D eigenvalue weighted by Gasteiger charge is -2.52. The fourth-order valence-corrected chi connectivity index (χ4v) is 13.6. The van der Waals surface area contributed by atoms with Gasteiger partial charge in [-0.25, -0.2) is 0 Å². The van der Waals surface area contributed by atoms with Crippen molar-refractivity contribution >= 4 is 18.4 Å². The highest BCUT2D eigenvalue weighted by Crippen LogP contribution is 2.58. The van der Waals surface area contributed by atoms with Crippen molar-refractivity contribution in [2.24, 2.45) is 0 Å². The van der Waals surface area contributed by atoms with E-state index in [0.29, 0.717) is 0 Å². The Kier molecular flexibility index (Phi) is 5.22. The molecule has 2 aliphatic rings. The third kappa shape index (κ3) is 2.78. The molecule has 0 bridgehead atoms. The highest BCUT2D eigenvalue weighted by molar-refractivity contribution is 7.06. The molecule has 4 rings (SSSR count). The first-order valence-electron chi connectivity index (χ1n) is 11.0. The molecule has 0 saturated heterocycles. The number of hydrogen-bond acceptors (Lipinski definition) is 0. The quantitative estimate of drug-likeness (QED) is 0.517. The standard InChI is InChI=1S/C27H34Si/c1-21-20-27(4,23(3)22(21)2)28(24-14-8-5-9-15-24,25-16-10-6-11-17-25)26-18-12-7-13-19-26/h5-6,8-11,14-17,20,26H,7,12-13,18-19H2,1-4H3. The first-order valence-corrected chi connectivity index (χ1v) is 13.1. The van der Waals surface area contributed by atoms with Gasteiger partial charge in [-0.3, -0.25) is 0 Å². The second-order valence-electron chi connectivity index (χ2n) is 9.15. The Morgan fingerprint density at radius 1 is 0.750 bits per heavy atom. The molecule has 0 aliphatic heterocycles. The van der Waals surface area contributed by atoms with E-state index in [-0.39, 0.29) is 5.04 Å². The second-order valence-corrected chi connectivity index (χ2v) is 13.8. The van der Waals surface area contributed by atoms with E-state index in [1.807, 2.05) is 0 Å². The van der Waals surface area contributed by atoms with Crippen LogP contribution in [0.25, 0.3) is 0 Å². The monoisotopic (exact) mass is 386 g/mol. The van der Waals surface area contributed by atoms with Gasteiger partial charge in [0.1, 0.15) is 8.07 Å². The van der Waals surface area contributed by atoms with Gasteiger partial charge < -0.3 is 0 Å². The molecule has 0 amide bonds. The molecule has 2 aromatic rings. The highest BCUT2D eigenvalue weighted by Gasteiger charge is 2.58. The van der Waals surface area contributed by atoms with E-state index in [1.54, 1.807) is 15.9 Å². The van der Waals surface area contributed by atoms with Crippen molar-refractivity contribution in [1.29, 1.82) is 0 Å². The Hall–Kier alpha value is -1.86. The maximum Gasteiger partial charge on any atom is 0.134 e. The van der Waals surface area contributed by atoms with Crippen LogP contribution in [0.1, 0.15) is 59.8 Å². The Morgan fingerprint density at radius 2 is 1.25 bits per heavy atom. The summed E-state index contributed by atoms with van der Waals surface area (Å²) in [6.45, 7) is 9.64. The third-order valence-corrected chi connectivity index (χ3v) is 14.4. The Morgan fingerprint density at radius 3 is 1.68 bits per heavy atom. The Balaban J connectivity index is 2.08. The summed E-state index contributed by atoms with van der Waals surface area (Å²) in [5.74, 6) is 0. The summed E-state index contributed by atoms with van der Waals surface area (Å²) in [4.78, 5) is 0. The lowest BCUT2D eigenvalue weighted by atomic mass is 10.00. The van der Waals surface area contributed by atoms with E-state index in [2.05, 4.69) is 94.4 Å². The minimum Gasteiger partial charge on any atom is -0.0733 e. The van der Waals surface area contributed by atoms with E-state index in [9.17, 15) is 0 Å². The first kappa shape index (κ1) is 19.5. The molecule has 2 aliphatic carbocycles. The molecule has 0 N–H and O–H groups in total. The van der Waals surface area contributed by atoms with Crippen molar-refractivity contribution in [1.82, 2.24) is 0 Å². The van der Waals surface area contributed by atoms with Crippen LogP contribution >= 0.6 is 0 Å². The Bertz CT molecular complexity index is 845. The molecule has 0 spiro atoms. The average molecular weight is 387 g/mol. The average Bonchev–Trinajstić information content (AvgIpc) is 2.94. The smallest absolute Gasteiger partial charge is 0.0733 e. The summed E-state index contributed by atoms with van der Waals surface area (Å²) in [5.41, 5.74) is 5.40. The summed E-state index contributed by atoms with van der Waals surface area (Å²) in [7, 11) is -2.12.